The van der Waals surface area contributed by atoms with Crippen molar-refractivity contribution in [3.05, 3.63) is 42.4 Å². The summed E-state index contributed by atoms with van der Waals surface area (Å²) in [5.74, 6) is -3.20. The lowest BCUT2D eigenvalue weighted by atomic mass is 9.88. The number of hydrogen-bond acceptors (Lipinski definition) is 9. The summed E-state index contributed by atoms with van der Waals surface area (Å²) in [5, 5.41) is 15.7. The molecule has 2 aliphatic carbocycles. The molecule has 2 aromatic rings. The Hall–Kier alpha value is -4.47. The Bertz CT molecular complexity index is 1890. The second kappa shape index (κ2) is 13.6. The molecular weight excluding hydrogens is 685 g/mol. The lowest BCUT2D eigenvalue weighted by Gasteiger charge is -2.32. The van der Waals surface area contributed by atoms with Crippen LogP contribution in [0.25, 0.3) is 10.8 Å². The van der Waals surface area contributed by atoms with Crippen molar-refractivity contribution >= 4 is 44.6 Å². The average molecular weight is 730 g/mol. The first-order valence-corrected chi connectivity index (χ1v) is 18.7. The molecule has 1 aromatic carbocycles. The Labute approximate surface area is 295 Å². The first-order chi connectivity index (χ1) is 24.1. The number of allylic oxidation sites excluding steroid dienone is 1. The third-order valence-corrected chi connectivity index (χ3v) is 13.0. The summed E-state index contributed by atoms with van der Waals surface area (Å²) in [4.78, 5) is 59.9. The number of carbonyl (C=O) groups is 4. The van der Waals surface area contributed by atoms with E-state index in [0.29, 0.717) is 48.6 Å². The molecule has 2 aliphatic heterocycles. The van der Waals surface area contributed by atoms with Gasteiger partial charge in [0.25, 0.3) is 5.91 Å². The number of halogens is 1. The highest BCUT2D eigenvalue weighted by Gasteiger charge is 2.63. The molecule has 4 aliphatic rings. The maximum Gasteiger partial charge on any atom is 0.405 e. The number of benzene rings is 1. The van der Waals surface area contributed by atoms with Gasteiger partial charge in [-0.2, -0.15) is 0 Å². The summed E-state index contributed by atoms with van der Waals surface area (Å²) in [6.07, 6.45) is 5.61. The maximum atomic E-state index is 14.4. The Balaban J connectivity index is 1.35. The van der Waals surface area contributed by atoms with Crippen LogP contribution in [0, 0.1) is 23.6 Å². The number of methoxy groups -OCH3 is 1. The van der Waals surface area contributed by atoms with Gasteiger partial charge in [0.1, 0.15) is 35.3 Å². The third kappa shape index (κ3) is 7.19. The molecule has 14 nitrogen and oxygen atoms in total. The van der Waals surface area contributed by atoms with E-state index in [1.165, 1.54) is 36.4 Å². The highest BCUT2D eigenvalue weighted by Crippen LogP contribution is 2.47. The zero-order chi connectivity index (χ0) is 36.9. The molecule has 6 rings (SSSR count). The van der Waals surface area contributed by atoms with Crippen molar-refractivity contribution in [3.8, 4) is 11.6 Å². The highest BCUT2D eigenvalue weighted by atomic mass is 32.2. The van der Waals surface area contributed by atoms with E-state index in [9.17, 15) is 37.1 Å². The molecule has 0 radical (unpaired) electrons. The zero-order valence-corrected chi connectivity index (χ0v) is 29.8. The molecule has 1 aromatic heterocycles. The van der Waals surface area contributed by atoms with E-state index >= 15 is 0 Å². The largest absolute Gasteiger partial charge is 0.494 e. The minimum atomic E-state index is -4.02. The monoisotopic (exact) mass is 729 g/mol. The molecule has 7 atom stereocenters. The first-order valence-electron chi connectivity index (χ1n) is 17.2. The minimum absolute atomic E-state index is 0.0373. The number of nitrogens with one attached hydrogen (secondary N) is 3. The lowest BCUT2D eigenvalue weighted by molar-refractivity contribution is -0.142. The smallest absolute Gasteiger partial charge is 0.405 e. The Morgan fingerprint density at radius 1 is 1.16 bits per heavy atom. The predicted octanol–water partition coefficient (Wildman–Crippen LogP) is 3.25. The number of carboxylic acid groups (broad SMARTS) is 1. The van der Waals surface area contributed by atoms with Crippen LogP contribution in [-0.4, -0.2) is 89.4 Å². The van der Waals surface area contributed by atoms with E-state index in [4.69, 9.17) is 9.47 Å². The number of aromatic nitrogens is 1. The fourth-order valence-corrected chi connectivity index (χ4v) is 8.62. The van der Waals surface area contributed by atoms with Gasteiger partial charge in [0.15, 0.2) is 0 Å². The number of amides is 4. The number of nitrogens with zero attached hydrogens (tertiary/aromatic N) is 2. The van der Waals surface area contributed by atoms with Crippen LogP contribution >= 0.6 is 0 Å². The van der Waals surface area contributed by atoms with Gasteiger partial charge in [-0.05, 0) is 75.5 Å². The second-order valence-electron chi connectivity index (χ2n) is 14.7. The van der Waals surface area contributed by atoms with E-state index < -0.39 is 80.0 Å². The number of ether oxygens (including phenoxy) is 2. The maximum absolute atomic E-state index is 14.4. The average Bonchev–Trinajstić information content (AvgIpc) is 3.95. The number of rotatable bonds is 7. The summed E-state index contributed by atoms with van der Waals surface area (Å²) < 4.78 is 53.3. The van der Waals surface area contributed by atoms with Gasteiger partial charge in [-0.15, -0.1) is 0 Å². The van der Waals surface area contributed by atoms with Crippen LogP contribution in [0.1, 0.15) is 65.7 Å². The van der Waals surface area contributed by atoms with E-state index in [2.05, 4.69) is 20.3 Å². The van der Waals surface area contributed by atoms with Crippen molar-refractivity contribution in [1.82, 2.24) is 25.2 Å². The fraction of sp³-hybridized carbons (Fsp3) is 0.571. The minimum Gasteiger partial charge on any atom is -0.494 e. The van der Waals surface area contributed by atoms with Crippen molar-refractivity contribution < 1.29 is 46.6 Å². The lowest BCUT2D eigenvalue weighted by Crippen LogP contribution is -2.59. The van der Waals surface area contributed by atoms with Crippen molar-refractivity contribution in [2.24, 2.45) is 17.8 Å². The molecule has 2 saturated carbocycles. The Morgan fingerprint density at radius 3 is 2.59 bits per heavy atom. The van der Waals surface area contributed by atoms with Crippen molar-refractivity contribution in [2.75, 3.05) is 13.7 Å². The first kappa shape index (κ1) is 36.3. The van der Waals surface area contributed by atoms with Crippen LogP contribution in [0.4, 0.5) is 9.18 Å². The SMILES string of the molecule is COc1cnc(O[C@@H]2C[C@H]3C(=O)N[C@]4(C(=O)NS(=O)(=O)C5(C)CC5)C[C@H]4C=CCC[C@@H](C)C[C@@H](C)[C@H](NC(=O)O)C(=O)N3C2)c2cc(F)ccc12. The van der Waals surface area contributed by atoms with Crippen LogP contribution in [0.2, 0.25) is 0 Å². The topological polar surface area (TPSA) is 193 Å². The molecule has 4 N–H and O–H groups in total. The van der Waals surface area contributed by atoms with Gasteiger partial charge in [-0.25, -0.2) is 22.6 Å². The molecule has 3 fully saturated rings. The fourth-order valence-electron chi connectivity index (χ4n) is 7.31. The molecule has 4 amide bonds. The summed E-state index contributed by atoms with van der Waals surface area (Å²) in [6.45, 7) is 5.18. The number of sulfonamides is 1. The van der Waals surface area contributed by atoms with E-state index in [1.54, 1.807) is 13.8 Å². The molecule has 3 heterocycles. The van der Waals surface area contributed by atoms with Crippen molar-refractivity contribution in [1.29, 1.82) is 0 Å². The molecule has 16 heteroatoms. The number of fused-ring (bicyclic) bond motifs is 3. The zero-order valence-electron chi connectivity index (χ0n) is 29.0. The van der Waals surface area contributed by atoms with Crippen LogP contribution in [0.15, 0.2) is 36.5 Å². The highest BCUT2D eigenvalue weighted by molar-refractivity contribution is 7.91. The predicted molar refractivity (Wildman–Crippen MR) is 183 cm³/mol. The normalized spacial score (nSPS) is 30.6. The Morgan fingerprint density at radius 2 is 1.90 bits per heavy atom. The molecule has 51 heavy (non-hydrogen) atoms. The van der Waals surface area contributed by atoms with Gasteiger partial charge >= 0.3 is 6.09 Å². The molecule has 0 unspecified atom stereocenters. The molecule has 0 bridgehead atoms. The summed E-state index contributed by atoms with van der Waals surface area (Å²) in [7, 11) is -2.57. The van der Waals surface area contributed by atoms with Crippen LogP contribution in [0.3, 0.4) is 0 Å². The van der Waals surface area contributed by atoms with Gasteiger partial charge in [0.2, 0.25) is 27.7 Å². The second-order valence-corrected chi connectivity index (χ2v) is 16.9. The van der Waals surface area contributed by atoms with Crippen LogP contribution in [-0.2, 0) is 24.4 Å². The number of pyridine rings is 1. The number of hydrogen-bond donors (Lipinski definition) is 4. The van der Waals surface area contributed by atoms with Crippen LogP contribution in [0.5, 0.6) is 11.6 Å². The Kier molecular flexibility index (Phi) is 9.67. The molecule has 1 saturated heterocycles. The van der Waals surface area contributed by atoms with E-state index in [0.717, 1.165) is 0 Å². The molecule has 276 valence electrons. The van der Waals surface area contributed by atoms with Gasteiger partial charge in [0.05, 0.1) is 30.0 Å². The van der Waals surface area contributed by atoms with Gasteiger partial charge in [-0.3, -0.25) is 19.1 Å². The number of carbonyl (C=O) groups excluding carboxylic acids is 3. The van der Waals surface area contributed by atoms with Gasteiger partial charge in [-0.1, -0.05) is 26.0 Å². The van der Waals surface area contributed by atoms with Gasteiger partial charge in [0, 0.05) is 17.7 Å². The summed E-state index contributed by atoms with van der Waals surface area (Å²) in [6, 6.07) is 1.59. The third-order valence-electron chi connectivity index (χ3n) is 10.8. The standard InChI is InChI=1S/C35H44FN5O9S/c1-19-7-5-6-8-21-16-35(21,32(44)40-51(47,48)34(3)11-12-34)39-29(42)26-15-23(18-41(26)31(43)28(20(2)13-19)38-33(45)46)50-30-25-14-22(36)9-10-24(25)27(49-4)17-37-30/h6,8-10,14,17,19-21,23,26,28,38H,5,7,11-13,15-16,18H2,1-4H3,(H,39,42)(H,40,44)(H,45,46)/t19-,20-,21-,23-,26+,28+,35-/m1/s1. The van der Waals surface area contributed by atoms with E-state index in [1.807, 2.05) is 19.1 Å². The van der Waals surface area contributed by atoms with Crippen LogP contribution < -0.4 is 24.8 Å². The van der Waals surface area contributed by atoms with Crippen molar-refractivity contribution in [2.45, 2.75) is 94.2 Å². The molecular formula is C35H44FN5O9S. The summed E-state index contributed by atoms with van der Waals surface area (Å²) in [5.41, 5.74) is -1.58. The quantitative estimate of drug-likeness (QED) is 0.308. The van der Waals surface area contributed by atoms with Crippen molar-refractivity contribution in [3.63, 3.8) is 0 Å². The van der Waals surface area contributed by atoms with E-state index in [-0.39, 0.29) is 31.2 Å². The molecule has 0 spiro atoms. The van der Waals surface area contributed by atoms with Gasteiger partial charge < -0.3 is 30.1 Å². The summed E-state index contributed by atoms with van der Waals surface area (Å²) >= 11 is 0.